The molecule has 0 amide bonds. The molecule has 0 aromatic heterocycles. The minimum Gasteiger partial charge on any atom is -0.312 e. The average molecular weight is 293 g/mol. The van der Waals surface area contributed by atoms with Gasteiger partial charge in [-0.2, -0.15) is 0 Å². The van der Waals surface area contributed by atoms with Crippen LogP contribution in [0.2, 0.25) is 0 Å². The van der Waals surface area contributed by atoms with Gasteiger partial charge in [-0.1, -0.05) is 17.3 Å². The third-order valence-corrected chi connectivity index (χ3v) is 2.70. The highest BCUT2D eigenvalue weighted by Gasteiger charge is 2.13. The van der Waals surface area contributed by atoms with Gasteiger partial charge in [-0.15, -0.1) is 0 Å². The standard InChI is InChI=1S/C15H10F3NO2/c1-9(10-6-7-13(17)14(18)8-10)19-21-15(20)11-4-2-3-5-12(11)16/h2-8H,1H3/b19-9-. The van der Waals surface area contributed by atoms with E-state index in [2.05, 4.69) is 9.99 Å². The van der Waals surface area contributed by atoms with Crippen LogP contribution in [-0.4, -0.2) is 11.7 Å². The van der Waals surface area contributed by atoms with Crippen LogP contribution in [0, 0.1) is 17.5 Å². The Balaban J connectivity index is 2.15. The molecule has 0 unspecified atom stereocenters. The highest BCUT2D eigenvalue weighted by Crippen LogP contribution is 2.11. The van der Waals surface area contributed by atoms with Gasteiger partial charge >= 0.3 is 5.97 Å². The molecule has 2 aromatic rings. The van der Waals surface area contributed by atoms with Gasteiger partial charge in [0.1, 0.15) is 5.82 Å². The molecular weight excluding hydrogens is 283 g/mol. The average Bonchev–Trinajstić information content (AvgIpc) is 2.47. The molecule has 108 valence electrons. The van der Waals surface area contributed by atoms with E-state index >= 15 is 0 Å². The zero-order valence-corrected chi connectivity index (χ0v) is 10.9. The van der Waals surface area contributed by atoms with Gasteiger partial charge in [-0.3, -0.25) is 0 Å². The molecule has 21 heavy (non-hydrogen) atoms. The summed E-state index contributed by atoms with van der Waals surface area (Å²) in [4.78, 5) is 16.2. The number of rotatable bonds is 3. The van der Waals surface area contributed by atoms with Crippen molar-refractivity contribution in [1.82, 2.24) is 0 Å². The second-order valence-electron chi connectivity index (χ2n) is 4.16. The van der Waals surface area contributed by atoms with Crippen LogP contribution in [0.4, 0.5) is 13.2 Å². The van der Waals surface area contributed by atoms with Crippen molar-refractivity contribution in [3.8, 4) is 0 Å². The summed E-state index contributed by atoms with van der Waals surface area (Å²) in [5.74, 6) is -3.74. The van der Waals surface area contributed by atoms with Crippen LogP contribution in [-0.2, 0) is 4.84 Å². The van der Waals surface area contributed by atoms with Crippen LogP contribution >= 0.6 is 0 Å². The predicted octanol–water partition coefficient (Wildman–Crippen LogP) is 3.68. The van der Waals surface area contributed by atoms with Crippen molar-refractivity contribution in [1.29, 1.82) is 0 Å². The van der Waals surface area contributed by atoms with Gasteiger partial charge in [-0.25, -0.2) is 18.0 Å². The Morgan fingerprint density at radius 2 is 1.71 bits per heavy atom. The summed E-state index contributed by atoms with van der Waals surface area (Å²) in [6.07, 6.45) is 0. The van der Waals surface area contributed by atoms with Crippen LogP contribution in [0.5, 0.6) is 0 Å². The first-order valence-corrected chi connectivity index (χ1v) is 5.95. The Kier molecular flexibility index (Phi) is 4.37. The number of hydrogen-bond donors (Lipinski definition) is 0. The molecule has 2 aromatic carbocycles. The Hall–Kier alpha value is -2.63. The quantitative estimate of drug-likeness (QED) is 0.492. The van der Waals surface area contributed by atoms with Crippen LogP contribution in [0.15, 0.2) is 47.6 Å². The first kappa shape index (κ1) is 14.8. The second kappa shape index (κ2) is 6.21. The van der Waals surface area contributed by atoms with E-state index in [0.717, 1.165) is 18.2 Å². The summed E-state index contributed by atoms with van der Waals surface area (Å²) in [7, 11) is 0. The number of carbonyl (C=O) groups excluding carboxylic acids is 1. The molecule has 0 heterocycles. The molecule has 0 fully saturated rings. The number of halogens is 3. The lowest BCUT2D eigenvalue weighted by molar-refractivity contribution is 0.0511. The van der Waals surface area contributed by atoms with Crippen molar-refractivity contribution in [2.75, 3.05) is 0 Å². The molecule has 0 bridgehead atoms. The second-order valence-corrected chi connectivity index (χ2v) is 4.16. The molecular formula is C15H10F3NO2. The highest BCUT2D eigenvalue weighted by molar-refractivity contribution is 5.99. The molecule has 6 heteroatoms. The molecule has 3 nitrogen and oxygen atoms in total. The third kappa shape index (κ3) is 3.47. The van der Waals surface area contributed by atoms with Crippen molar-refractivity contribution < 1.29 is 22.8 Å². The minimum atomic E-state index is -1.04. The zero-order valence-electron chi connectivity index (χ0n) is 10.9. The Morgan fingerprint density at radius 1 is 1.00 bits per heavy atom. The first-order chi connectivity index (χ1) is 9.99. The van der Waals surface area contributed by atoms with Gasteiger partial charge in [-0.05, 0) is 37.3 Å². The number of carbonyl (C=O) groups is 1. The molecule has 0 spiro atoms. The van der Waals surface area contributed by atoms with Gasteiger partial charge in [0.05, 0.1) is 11.3 Å². The molecule has 2 rings (SSSR count). The van der Waals surface area contributed by atoms with Crippen LogP contribution in [0.3, 0.4) is 0 Å². The molecule has 0 aliphatic carbocycles. The maximum Gasteiger partial charge on any atom is 0.368 e. The normalized spacial score (nSPS) is 11.3. The lowest BCUT2D eigenvalue weighted by atomic mass is 10.1. The zero-order chi connectivity index (χ0) is 15.4. The summed E-state index contributed by atoms with van der Waals surface area (Å²) in [5.41, 5.74) is 0.133. The molecule has 0 atom stereocenters. The van der Waals surface area contributed by atoms with Crippen LogP contribution in [0.1, 0.15) is 22.8 Å². The van der Waals surface area contributed by atoms with Gasteiger partial charge < -0.3 is 4.84 Å². The fraction of sp³-hybridized carbons (Fsp3) is 0.0667. The molecule has 0 N–H and O–H groups in total. The van der Waals surface area contributed by atoms with E-state index in [9.17, 15) is 18.0 Å². The van der Waals surface area contributed by atoms with Crippen molar-refractivity contribution in [3.63, 3.8) is 0 Å². The monoisotopic (exact) mass is 293 g/mol. The van der Waals surface area contributed by atoms with Gasteiger partial charge in [0, 0.05) is 5.56 Å². The van der Waals surface area contributed by atoms with Crippen LogP contribution in [0.25, 0.3) is 0 Å². The van der Waals surface area contributed by atoms with Crippen molar-refractivity contribution in [3.05, 3.63) is 71.0 Å². The molecule has 0 saturated carbocycles. The van der Waals surface area contributed by atoms with Crippen molar-refractivity contribution >= 4 is 11.7 Å². The molecule has 0 saturated heterocycles. The lowest BCUT2D eigenvalue weighted by Crippen LogP contribution is -2.06. The molecule has 0 aliphatic rings. The maximum atomic E-state index is 13.3. The Bertz CT molecular complexity index is 714. The fourth-order valence-electron chi connectivity index (χ4n) is 1.56. The van der Waals surface area contributed by atoms with E-state index in [-0.39, 0.29) is 16.8 Å². The van der Waals surface area contributed by atoms with Crippen molar-refractivity contribution in [2.45, 2.75) is 6.92 Å². The van der Waals surface area contributed by atoms with E-state index in [4.69, 9.17) is 0 Å². The van der Waals surface area contributed by atoms with Gasteiger partial charge in [0.15, 0.2) is 11.6 Å². The van der Waals surface area contributed by atoms with Crippen LogP contribution < -0.4 is 0 Å². The lowest BCUT2D eigenvalue weighted by Gasteiger charge is -2.03. The summed E-state index contributed by atoms with van der Waals surface area (Å²) in [5, 5.41) is 3.49. The largest absolute Gasteiger partial charge is 0.368 e. The van der Waals surface area contributed by atoms with Crippen molar-refractivity contribution in [2.24, 2.45) is 5.16 Å². The van der Waals surface area contributed by atoms with Gasteiger partial charge in [0.2, 0.25) is 0 Å². The van der Waals surface area contributed by atoms with E-state index in [1.807, 2.05) is 0 Å². The summed E-state index contributed by atoms with van der Waals surface area (Å²) >= 11 is 0. The topological polar surface area (TPSA) is 38.7 Å². The first-order valence-electron chi connectivity index (χ1n) is 5.95. The van der Waals surface area contributed by atoms with E-state index < -0.39 is 23.4 Å². The number of nitrogens with zero attached hydrogens (tertiary/aromatic N) is 1. The number of benzene rings is 2. The highest BCUT2D eigenvalue weighted by atomic mass is 19.2. The summed E-state index contributed by atoms with van der Waals surface area (Å²) in [6.45, 7) is 1.45. The molecule has 0 aliphatic heterocycles. The fourth-order valence-corrected chi connectivity index (χ4v) is 1.56. The van der Waals surface area contributed by atoms with E-state index in [1.54, 1.807) is 0 Å². The minimum absolute atomic E-state index is 0.151. The SMILES string of the molecule is C/C(=N/OC(=O)c1ccccc1F)c1ccc(F)c(F)c1. The van der Waals surface area contributed by atoms with E-state index in [1.165, 1.54) is 31.2 Å². The maximum absolute atomic E-state index is 13.3. The third-order valence-electron chi connectivity index (χ3n) is 2.70. The number of oxime groups is 1. The van der Waals surface area contributed by atoms with Gasteiger partial charge in [0.25, 0.3) is 0 Å². The predicted molar refractivity (Wildman–Crippen MR) is 70.4 cm³/mol. The summed E-state index contributed by atoms with van der Waals surface area (Å²) in [6, 6.07) is 8.41. The summed E-state index contributed by atoms with van der Waals surface area (Å²) < 4.78 is 39.2. The van der Waals surface area contributed by atoms with E-state index in [0.29, 0.717) is 0 Å². The Morgan fingerprint density at radius 3 is 2.38 bits per heavy atom. The smallest absolute Gasteiger partial charge is 0.312 e. The number of hydrogen-bond acceptors (Lipinski definition) is 3. The Labute approximate surface area is 118 Å². The molecule has 0 radical (unpaired) electrons.